The summed E-state index contributed by atoms with van der Waals surface area (Å²) in [5.74, 6) is 0. The molecule has 5 nitrogen and oxygen atoms in total. The third-order valence-electron chi connectivity index (χ3n) is 2.59. The van der Waals surface area contributed by atoms with Gasteiger partial charge in [0.05, 0.1) is 28.7 Å². The van der Waals surface area contributed by atoms with Crippen molar-refractivity contribution >= 4 is 62.0 Å². The number of hydrogen-bond acceptors (Lipinski definition) is 4. The van der Waals surface area contributed by atoms with Gasteiger partial charge in [0.25, 0.3) is 0 Å². The zero-order valence-corrected chi connectivity index (χ0v) is 14.5. The molecule has 0 bridgehead atoms. The van der Waals surface area contributed by atoms with Crippen molar-refractivity contribution in [1.29, 1.82) is 0 Å². The minimum Gasteiger partial charge on any atom is -0.364 e. The van der Waals surface area contributed by atoms with Gasteiger partial charge in [0, 0.05) is 0 Å². The Morgan fingerprint density at radius 2 is 2.22 bits per heavy atom. The molecule has 0 fully saturated rings. The Morgan fingerprint density at radius 1 is 1.39 bits per heavy atom. The van der Waals surface area contributed by atoms with E-state index in [9.17, 15) is 0 Å². The summed E-state index contributed by atoms with van der Waals surface area (Å²) in [5.41, 5.74) is 3.55. The fourth-order valence-corrected chi connectivity index (χ4v) is 3.94. The molecule has 0 aromatic carbocycles. The summed E-state index contributed by atoms with van der Waals surface area (Å²) in [6, 6.07) is 4.03. The summed E-state index contributed by atoms with van der Waals surface area (Å²) in [6.45, 7) is 1.91. The van der Waals surface area contributed by atoms with E-state index in [1.807, 2.05) is 23.5 Å². The number of nitrogens with zero attached hydrogens (tertiary/aromatic N) is 4. The Balaban J connectivity index is 2.25. The van der Waals surface area contributed by atoms with Crippen LogP contribution >= 0.6 is 51.0 Å². The molecular formula is C10H7I2N4OP. The van der Waals surface area contributed by atoms with Crippen LogP contribution in [0.4, 0.5) is 0 Å². The maximum absolute atomic E-state index is 4.96. The molecule has 1 atom stereocenters. The summed E-state index contributed by atoms with van der Waals surface area (Å²) in [6.07, 6.45) is 2.16. The number of aromatic nitrogens is 4. The number of hydrogen-bond donors (Lipinski definition) is 0. The van der Waals surface area contributed by atoms with Crippen molar-refractivity contribution in [2.24, 2.45) is 0 Å². The lowest BCUT2D eigenvalue weighted by molar-refractivity contribution is 0.415. The number of halogens is 2. The highest BCUT2D eigenvalue weighted by molar-refractivity contribution is 14.2. The van der Waals surface area contributed by atoms with E-state index in [1.54, 1.807) is 6.26 Å². The lowest BCUT2D eigenvalue weighted by Gasteiger charge is -2.00. The molecule has 0 aliphatic heterocycles. The molecule has 0 amide bonds. The van der Waals surface area contributed by atoms with Gasteiger partial charge in [-0.2, -0.15) is 5.10 Å². The predicted molar refractivity (Wildman–Crippen MR) is 88.2 cm³/mol. The highest BCUT2D eigenvalue weighted by atomic mass is 127. The molecule has 3 heterocycles. The van der Waals surface area contributed by atoms with E-state index in [-0.39, 0.29) is 0 Å². The summed E-state index contributed by atoms with van der Waals surface area (Å²) < 4.78 is 7.86. The van der Waals surface area contributed by atoms with Gasteiger partial charge >= 0.3 is 0 Å². The normalized spacial score (nSPS) is 11.9. The maximum Gasteiger partial charge on any atom is 0.163 e. The molecule has 3 aromatic rings. The highest BCUT2D eigenvalue weighted by Gasteiger charge is 2.13. The van der Waals surface area contributed by atoms with Crippen molar-refractivity contribution in [2.75, 3.05) is 0 Å². The Hall–Kier alpha value is -0.280. The van der Waals surface area contributed by atoms with E-state index < -0.39 is 0 Å². The van der Waals surface area contributed by atoms with E-state index in [0.29, 0.717) is 6.37 Å². The van der Waals surface area contributed by atoms with Crippen LogP contribution in [-0.2, 0) is 0 Å². The molecule has 18 heavy (non-hydrogen) atoms. The van der Waals surface area contributed by atoms with Crippen molar-refractivity contribution in [2.45, 2.75) is 6.92 Å². The summed E-state index contributed by atoms with van der Waals surface area (Å²) in [7, 11) is 0. The smallest absolute Gasteiger partial charge is 0.163 e. The average Bonchev–Trinajstić information content (AvgIpc) is 2.93. The quantitative estimate of drug-likeness (QED) is 0.411. The standard InChI is InChI=1S/C10H7I2N4OP/c1-5-7(4-17-15-5)8-3-2-6-9(11)14-16(18-12)10(6)13-8/h2-4,18H,1H3. The largest absolute Gasteiger partial charge is 0.364 e. The summed E-state index contributed by atoms with van der Waals surface area (Å²) in [4.78, 5) is 4.67. The Kier molecular flexibility index (Phi) is 3.55. The summed E-state index contributed by atoms with van der Waals surface area (Å²) in [5, 5.41) is 9.42. The molecule has 3 aromatic heterocycles. The Labute approximate surface area is 131 Å². The second kappa shape index (κ2) is 5.01. The van der Waals surface area contributed by atoms with Gasteiger partial charge in [0.15, 0.2) is 5.65 Å². The number of rotatable bonds is 2. The third-order valence-corrected chi connectivity index (χ3v) is 5.23. The first-order valence-electron chi connectivity index (χ1n) is 5.04. The number of aryl methyl sites for hydroxylation is 1. The fourth-order valence-electron chi connectivity index (χ4n) is 1.71. The van der Waals surface area contributed by atoms with Crippen LogP contribution in [0.5, 0.6) is 0 Å². The monoisotopic (exact) mass is 484 g/mol. The van der Waals surface area contributed by atoms with Gasteiger partial charge in [-0.25, -0.2) is 9.44 Å². The van der Waals surface area contributed by atoms with Gasteiger partial charge in [-0.05, 0) is 63.7 Å². The maximum atomic E-state index is 4.96. The van der Waals surface area contributed by atoms with Gasteiger partial charge in [0.2, 0.25) is 0 Å². The third kappa shape index (κ3) is 2.05. The van der Waals surface area contributed by atoms with Crippen molar-refractivity contribution in [1.82, 2.24) is 19.7 Å². The molecule has 0 saturated heterocycles. The molecule has 92 valence electrons. The minimum absolute atomic E-state index is 0.533. The molecule has 0 aliphatic carbocycles. The van der Waals surface area contributed by atoms with Crippen molar-refractivity contribution in [3.05, 3.63) is 27.8 Å². The molecule has 0 radical (unpaired) electrons. The van der Waals surface area contributed by atoms with Crippen LogP contribution in [0.15, 0.2) is 22.9 Å². The van der Waals surface area contributed by atoms with Gasteiger partial charge in [-0.1, -0.05) is 5.16 Å². The SMILES string of the molecule is Cc1nocc1-c1ccc2c(I)nn(PI)c2n1. The first kappa shape index (κ1) is 12.7. The lowest BCUT2D eigenvalue weighted by atomic mass is 10.1. The van der Waals surface area contributed by atoms with E-state index >= 15 is 0 Å². The summed E-state index contributed by atoms with van der Waals surface area (Å²) >= 11 is 4.53. The molecule has 0 spiro atoms. The topological polar surface area (TPSA) is 56.7 Å². The van der Waals surface area contributed by atoms with E-state index in [1.165, 1.54) is 0 Å². The molecule has 8 heteroatoms. The first-order valence-corrected chi connectivity index (χ1v) is 10.2. The van der Waals surface area contributed by atoms with Crippen LogP contribution in [0.2, 0.25) is 0 Å². The highest BCUT2D eigenvalue weighted by Crippen LogP contribution is 2.31. The average molecular weight is 484 g/mol. The minimum atomic E-state index is 0.533. The van der Waals surface area contributed by atoms with Gasteiger partial charge in [-0.3, -0.25) is 0 Å². The fraction of sp³-hybridized carbons (Fsp3) is 0.100. The van der Waals surface area contributed by atoms with Crippen LogP contribution in [0.25, 0.3) is 22.3 Å². The van der Waals surface area contributed by atoms with Crippen LogP contribution < -0.4 is 0 Å². The van der Waals surface area contributed by atoms with Crippen LogP contribution in [-0.4, -0.2) is 19.7 Å². The molecule has 3 rings (SSSR count). The van der Waals surface area contributed by atoms with E-state index in [4.69, 9.17) is 4.52 Å². The second-order valence-electron chi connectivity index (χ2n) is 3.67. The zero-order chi connectivity index (χ0) is 12.7. The predicted octanol–water partition coefficient (Wildman–Crippen LogP) is 3.79. The number of pyridine rings is 1. The van der Waals surface area contributed by atoms with Crippen molar-refractivity contribution in [3.63, 3.8) is 0 Å². The van der Waals surface area contributed by atoms with E-state index in [2.05, 4.69) is 59.9 Å². The molecular weight excluding hydrogens is 477 g/mol. The Bertz CT molecular complexity index is 724. The zero-order valence-electron chi connectivity index (χ0n) is 9.19. The van der Waals surface area contributed by atoms with Crippen LogP contribution in [0.3, 0.4) is 0 Å². The van der Waals surface area contributed by atoms with Gasteiger partial charge in [-0.15, -0.1) is 0 Å². The van der Waals surface area contributed by atoms with Gasteiger partial charge in [0.1, 0.15) is 9.96 Å². The van der Waals surface area contributed by atoms with Gasteiger partial charge < -0.3 is 4.52 Å². The molecule has 0 N–H and O–H groups in total. The van der Waals surface area contributed by atoms with Crippen molar-refractivity contribution < 1.29 is 4.52 Å². The Morgan fingerprint density at radius 3 is 2.89 bits per heavy atom. The first-order chi connectivity index (χ1) is 8.70. The van der Waals surface area contributed by atoms with Crippen LogP contribution in [0, 0.1) is 10.6 Å². The van der Waals surface area contributed by atoms with E-state index in [0.717, 1.165) is 31.7 Å². The number of fused-ring (bicyclic) bond motifs is 1. The molecule has 0 aliphatic rings. The lowest BCUT2D eigenvalue weighted by Crippen LogP contribution is -1.89. The van der Waals surface area contributed by atoms with Crippen molar-refractivity contribution in [3.8, 4) is 11.3 Å². The molecule has 1 unspecified atom stereocenters. The second-order valence-corrected chi connectivity index (χ2v) is 6.73. The van der Waals surface area contributed by atoms with Crippen LogP contribution in [0.1, 0.15) is 5.69 Å². The molecule has 0 saturated carbocycles.